The lowest BCUT2D eigenvalue weighted by Crippen LogP contribution is -2.12. The van der Waals surface area contributed by atoms with E-state index < -0.39 is 42.8 Å². The molecule has 2 rings (SSSR count). The molecule has 0 fully saturated rings. The van der Waals surface area contributed by atoms with Gasteiger partial charge in [-0.15, -0.1) is 0 Å². The van der Waals surface area contributed by atoms with Crippen LogP contribution in [0.3, 0.4) is 0 Å². The predicted molar refractivity (Wildman–Crippen MR) is 82.2 cm³/mol. The Balaban J connectivity index is 2.56. The molecule has 0 saturated carbocycles. The Hall–Kier alpha value is -4.09. The van der Waals surface area contributed by atoms with Crippen molar-refractivity contribution in [2.24, 2.45) is 0 Å². The molecule has 0 radical (unpaired) electrons. The Morgan fingerprint density at radius 2 is 1.60 bits per heavy atom. The van der Waals surface area contributed by atoms with Crippen molar-refractivity contribution in [2.75, 3.05) is 0 Å². The van der Waals surface area contributed by atoms with E-state index in [-0.39, 0.29) is 11.1 Å². The maximum atomic E-state index is 11.1. The first-order chi connectivity index (χ1) is 11.7. The summed E-state index contributed by atoms with van der Waals surface area (Å²) in [6.45, 7) is 0. The molecular weight excluding hydrogens is 340 g/mol. The van der Waals surface area contributed by atoms with E-state index in [4.69, 9.17) is 0 Å². The minimum absolute atomic E-state index is 0.118. The molecule has 0 unspecified atom stereocenters. The Morgan fingerprint density at radius 1 is 0.920 bits per heavy atom. The first-order valence-electron chi connectivity index (χ1n) is 6.41. The molecule has 1 aliphatic rings. The third-order valence-corrected chi connectivity index (χ3v) is 3.15. The molecule has 0 amide bonds. The fraction of sp³-hybridized carbons (Fsp3) is 0. The van der Waals surface area contributed by atoms with Gasteiger partial charge in [-0.05, 0) is 12.1 Å². The number of nitro benzene ring substituents is 2. The van der Waals surface area contributed by atoms with Crippen LogP contribution in [0.15, 0.2) is 47.7 Å². The normalized spacial score (nSPS) is 15.0. The van der Waals surface area contributed by atoms with Gasteiger partial charge in [-0.3, -0.25) is 40.5 Å². The summed E-state index contributed by atoms with van der Waals surface area (Å²) in [6.07, 6.45) is 3.87. The third-order valence-electron chi connectivity index (χ3n) is 3.15. The summed E-state index contributed by atoms with van der Waals surface area (Å²) in [5.41, 5.74) is -1.99. The summed E-state index contributed by atoms with van der Waals surface area (Å²) < 4.78 is 0. The van der Waals surface area contributed by atoms with E-state index >= 15 is 0 Å². The van der Waals surface area contributed by atoms with Crippen molar-refractivity contribution < 1.29 is 19.7 Å². The van der Waals surface area contributed by atoms with E-state index in [1.165, 1.54) is 0 Å². The SMILES string of the molecule is O=[N+]([O-])C1=C[C-]([N+](=O)[O-])C=C/C1=C/c1ccc([N+](=O)[O-])cc1[N+](=O)[O-]. The van der Waals surface area contributed by atoms with Crippen molar-refractivity contribution >= 4 is 17.5 Å². The number of hydrogen-bond donors (Lipinski definition) is 0. The summed E-state index contributed by atoms with van der Waals surface area (Å²) in [6, 6.07) is 2.29. The van der Waals surface area contributed by atoms with E-state index in [2.05, 4.69) is 0 Å². The van der Waals surface area contributed by atoms with Crippen LogP contribution in [-0.2, 0) is 0 Å². The average molecular weight is 347 g/mol. The van der Waals surface area contributed by atoms with Gasteiger partial charge in [0.25, 0.3) is 11.4 Å². The van der Waals surface area contributed by atoms with Crippen LogP contribution < -0.4 is 0 Å². The second-order valence-electron chi connectivity index (χ2n) is 4.66. The lowest BCUT2D eigenvalue weighted by molar-refractivity contribution is -0.454. The van der Waals surface area contributed by atoms with Gasteiger partial charge >= 0.3 is 0 Å². The van der Waals surface area contributed by atoms with Crippen molar-refractivity contribution in [2.45, 2.75) is 0 Å². The van der Waals surface area contributed by atoms with Crippen LogP contribution >= 0.6 is 0 Å². The van der Waals surface area contributed by atoms with E-state index in [9.17, 15) is 40.5 Å². The van der Waals surface area contributed by atoms with Crippen molar-refractivity contribution in [1.82, 2.24) is 0 Å². The summed E-state index contributed by atoms with van der Waals surface area (Å²) in [5.74, 6) is 0. The summed E-state index contributed by atoms with van der Waals surface area (Å²) in [7, 11) is 0. The molecule has 1 aromatic rings. The number of benzene rings is 1. The van der Waals surface area contributed by atoms with Crippen LogP contribution in [-0.4, -0.2) is 19.7 Å². The highest BCUT2D eigenvalue weighted by Gasteiger charge is 2.22. The van der Waals surface area contributed by atoms with Gasteiger partial charge in [0.15, 0.2) is 11.7 Å². The molecule has 0 atom stereocenters. The van der Waals surface area contributed by atoms with Crippen molar-refractivity contribution in [3.8, 4) is 0 Å². The maximum Gasteiger partial charge on any atom is 0.283 e. The van der Waals surface area contributed by atoms with Crippen molar-refractivity contribution in [3.63, 3.8) is 0 Å². The molecule has 12 heteroatoms. The molecule has 128 valence electrons. The molecule has 0 bridgehead atoms. The molecule has 1 aliphatic carbocycles. The molecule has 0 spiro atoms. The van der Waals surface area contributed by atoms with Gasteiger partial charge in [0.05, 0.1) is 21.5 Å². The second kappa shape index (κ2) is 6.57. The molecule has 0 aromatic heterocycles. The smallest absolute Gasteiger partial charge is 0.270 e. The van der Waals surface area contributed by atoms with Gasteiger partial charge in [0.1, 0.15) is 0 Å². The summed E-state index contributed by atoms with van der Waals surface area (Å²) >= 11 is 0. The van der Waals surface area contributed by atoms with Crippen LogP contribution in [0, 0.1) is 46.5 Å². The monoisotopic (exact) mass is 347 g/mol. The number of nitro groups is 4. The first kappa shape index (κ1) is 17.3. The molecule has 0 N–H and O–H groups in total. The van der Waals surface area contributed by atoms with Crippen molar-refractivity contribution in [3.05, 3.63) is 99.8 Å². The van der Waals surface area contributed by atoms with E-state index in [0.717, 1.165) is 42.5 Å². The summed E-state index contributed by atoms with van der Waals surface area (Å²) in [4.78, 5) is 40.2. The zero-order valence-electron chi connectivity index (χ0n) is 12.1. The topological polar surface area (TPSA) is 173 Å². The van der Waals surface area contributed by atoms with Crippen LogP contribution in [0.5, 0.6) is 0 Å². The fourth-order valence-corrected chi connectivity index (χ4v) is 2.02. The molecule has 0 heterocycles. The number of rotatable bonds is 5. The highest BCUT2D eigenvalue weighted by Crippen LogP contribution is 2.30. The highest BCUT2D eigenvalue weighted by molar-refractivity contribution is 5.70. The molecule has 12 nitrogen and oxygen atoms in total. The number of nitrogens with zero attached hydrogens (tertiary/aromatic N) is 4. The molecule has 25 heavy (non-hydrogen) atoms. The van der Waals surface area contributed by atoms with Gasteiger partial charge in [-0.1, -0.05) is 17.7 Å². The Labute approximate surface area is 138 Å². The predicted octanol–water partition coefficient (Wildman–Crippen LogP) is 2.43. The minimum atomic E-state index is -0.865. The number of non-ortho nitro benzene ring substituents is 1. The quantitative estimate of drug-likeness (QED) is 0.443. The minimum Gasteiger partial charge on any atom is -0.270 e. The fourth-order valence-electron chi connectivity index (χ4n) is 2.02. The Morgan fingerprint density at radius 3 is 2.12 bits per heavy atom. The van der Waals surface area contributed by atoms with Gasteiger partial charge in [-0.2, -0.15) is 6.08 Å². The average Bonchev–Trinajstić information content (AvgIpc) is 2.54. The highest BCUT2D eigenvalue weighted by atomic mass is 16.6. The van der Waals surface area contributed by atoms with Gasteiger partial charge in [0, 0.05) is 15.9 Å². The van der Waals surface area contributed by atoms with E-state index in [0.29, 0.717) is 0 Å². The maximum absolute atomic E-state index is 11.1. The largest absolute Gasteiger partial charge is 0.283 e. The van der Waals surface area contributed by atoms with Crippen LogP contribution in [0.4, 0.5) is 11.4 Å². The second-order valence-corrected chi connectivity index (χ2v) is 4.66. The molecular formula is C13H7N4O8-. The molecule has 0 aliphatic heterocycles. The Kier molecular flexibility index (Phi) is 4.54. The van der Waals surface area contributed by atoms with Gasteiger partial charge in [0.2, 0.25) is 0 Å². The van der Waals surface area contributed by atoms with E-state index in [1.54, 1.807) is 0 Å². The zero-order valence-corrected chi connectivity index (χ0v) is 12.1. The number of allylic oxidation sites excluding steroid dienone is 1. The number of hydrogen-bond acceptors (Lipinski definition) is 8. The molecule has 0 saturated heterocycles. The lowest BCUT2D eigenvalue weighted by atomic mass is 10.00. The third kappa shape index (κ3) is 3.64. The van der Waals surface area contributed by atoms with Crippen molar-refractivity contribution in [1.29, 1.82) is 0 Å². The lowest BCUT2D eigenvalue weighted by Gasteiger charge is -2.15. The van der Waals surface area contributed by atoms with Crippen LogP contribution in [0.2, 0.25) is 0 Å². The summed E-state index contributed by atoms with van der Waals surface area (Å²) in [5, 5.41) is 43.6. The van der Waals surface area contributed by atoms with E-state index in [1.807, 2.05) is 0 Å². The van der Waals surface area contributed by atoms with Gasteiger partial charge in [-0.25, -0.2) is 0 Å². The van der Waals surface area contributed by atoms with Crippen LogP contribution in [0.25, 0.3) is 6.08 Å². The zero-order chi connectivity index (χ0) is 18.7. The first-order valence-corrected chi connectivity index (χ1v) is 6.41. The standard InChI is InChI=1S/C13H7N4O8/c18-14(19)10-3-1-8(12(6-10)16(22)23)5-9-2-4-11(15(20)21)7-13(9)17(24)25/h1-7H/q-1/b8-5-. The van der Waals surface area contributed by atoms with Gasteiger partial charge < -0.3 is 0 Å². The van der Waals surface area contributed by atoms with Crippen LogP contribution in [0.1, 0.15) is 5.56 Å². The molecule has 1 aromatic carbocycles. The Bertz CT molecular complexity index is 886.